The number of aromatic hydroxyl groups is 1. The smallest absolute Gasteiger partial charge is 0.298 e. The fraction of sp³-hybridized carbons (Fsp3) is 0.235. The molecule has 0 fully saturated rings. The van der Waals surface area contributed by atoms with Crippen LogP contribution in [0.15, 0.2) is 47.4 Å². The van der Waals surface area contributed by atoms with E-state index in [9.17, 15) is 22.9 Å². The van der Waals surface area contributed by atoms with Crippen LogP contribution in [0.4, 0.5) is 0 Å². The Balaban J connectivity index is 2.53. The first kappa shape index (κ1) is 18.0. The zero-order valence-corrected chi connectivity index (χ0v) is 14.1. The standard InChI is InChI=1S/C17H18O6S/c1-11(2)10-23-15-9-14(18)13(8-16(15)24(20,21)22)17(19)12-6-4-3-5-7-12/h3-9,11,18H,10H2,1-2H3,(H,20,21,22). The molecule has 0 aromatic heterocycles. The largest absolute Gasteiger partial charge is 0.507 e. The van der Waals surface area contributed by atoms with E-state index in [2.05, 4.69) is 0 Å². The van der Waals surface area contributed by atoms with Gasteiger partial charge in [-0.05, 0) is 12.0 Å². The summed E-state index contributed by atoms with van der Waals surface area (Å²) in [5.41, 5.74) is 0.0515. The van der Waals surface area contributed by atoms with E-state index in [0.29, 0.717) is 0 Å². The fourth-order valence-corrected chi connectivity index (χ4v) is 2.69. The minimum atomic E-state index is -4.62. The molecule has 6 nitrogen and oxygen atoms in total. The first-order chi connectivity index (χ1) is 11.2. The molecule has 7 heteroatoms. The first-order valence-corrected chi connectivity index (χ1v) is 8.71. The van der Waals surface area contributed by atoms with Gasteiger partial charge in [-0.15, -0.1) is 0 Å². The van der Waals surface area contributed by atoms with Crippen molar-refractivity contribution in [2.75, 3.05) is 6.61 Å². The van der Waals surface area contributed by atoms with E-state index < -0.39 is 26.5 Å². The van der Waals surface area contributed by atoms with Crippen molar-refractivity contribution in [2.45, 2.75) is 18.7 Å². The monoisotopic (exact) mass is 350 g/mol. The topological polar surface area (TPSA) is 101 Å². The van der Waals surface area contributed by atoms with Crippen molar-refractivity contribution in [1.82, 2.24) is 0 Å². The molecule has 0 amide bonds. The molecule has 0 atom stereocenters. The van der Waals surface area contributed by atoms with Gasteiger partial charge in [0.05, 0.1) is 12.2 Å². The summed E-state index contributed by atoms with van der Waals surface area (Å²) in [6.07, 6.45) is 0. The number of ether oxygens (including phenoxy) is 1. The SMILES string of the molecule is CC(C)COc1cc(O)c(C(=O)c2ccccc2)cc1S(=O)(=O)O. The average Bonchev–Trinajstić information content (AvgIpc) is 2.52. The van der Waals surface area contributed by atoms with Gasteiger partial charge in [0.1, 0.15) is 16.4 Å². The highest BCUT2D eigenvalue weighted by Crippen LogP contribution is 2.33. The van der Waals surface area contributed by atoms with Crippen molar-refractivity contribution >= 4 is 15.9 Å². The van der Waals surface area contributed by atoms with Crippen molar-refractivity contribution < 1.29 is 27.6 Å². The highest BCUT2D eigenvalue weighted by atomic mass is 32.2. The van der Waals surface area contributed by atoms with Crippen molar-refractivity contribution in [3.63, 3.8) is 0 Å². The number of benzene rings is 2. The third-order valence-corrected chi connectivity index (χ3v) is 4.07. The third-order valence-electron chi connectivity index (χ3n) is 3.19. The number of rotatable bonds is 6. The summed E-state index contributed by atoms with van der Waals surface area (Å²) in [6, 6.07) is 10.1. The summed E-state index contributed by atoms with van der Waals surface area (Å²) in [5, 5.41) is 10.1. The van der Waals surface area contributed by atoms with Gasteiger partial charge in [0.25, 0.3) is 10.1 Å². The van der Waals surface area contributed by atoms with Gasteiger partial charge >= 0.3 is 0 Å². The molecule has 2 rings (SSSR count). The molecule has 2 N–H and O–H groups in total. The van der Waals surface area contributed by atoms with E-state index in [1.54, 1.807) is 18.2 Å². The predicted octanol–water partition coefficient (Wildman–Crippen LogP) is 2.90. The summed E-state index contributed by atoms with van der Waals surface area (Å²) in [6.45, 7) is 3.91. The molecule has 2 aromatic carbocycles. The van der Waals surface area contributed by atoms with Gasteiger partial charge in [-0.2, -0.15) is 8.42 Å². The molecule has 0 saturated carbocycles. The third kappa shape index (κ3) is 4.12. The van der Waals surface area contributed by atoms with E-state index in [-0.39, 0.29) is 29.4 Å². The Morgan fingerprint density at radius 2 is 1.79 bits per heavy atom. The summed E-state index contributed by atoms with van der Waals surface area (Å²) in [7, 11) is -4.62. The summed E-state index contributed by atoms with van der Waals surface area (Å²) in [4.78, 5) is 11.9. The molecule has 0 aliphatic rings. The van der Waals surface area contributed by atoms with Crippen LogP contribution in [0.1, 0.15) is 29.8 Å². The lowest BCUT2D eigenvalue weighted by Gasteiger charge is -2.14. The molecular formula is C17H18O6S. The van der Waals surface area contributed by atoms with E-state index >= 15 is 0 Å². The number of hydrogen-bond donors (Lipinski definition) is 2. The van der Waals surface area contributed by atoms with Crippen molar-refractivity contribution in [1.29, 1.82) is 0 Å². The highest BCUT2D eigenvalue weighted by molar-refractivity contribution is 7.86. The van der Waals surface area contributed by atoms with Gasteiger partial charge < -0.3 is 9.84 Å². The molecule has 0 unspecified atom stereocenters. The van der Waals surface area contributed by atoms with Crippen LogP contribution >= 0.6 is 0 Å². The summed E-state index contributed by atoms with van der Waals surface area (Å²) < 4.78 is 37.9. The van der Waals surface area contributed by atoms with Crippen LogP contribution in [0.2, 0.25) is 0 Å². The van der Waals surface area contributed by atoms with Gasteiger partial charge in [0.15, 0.2) is 5.78 Å². The molecular weight excluding hydrogens is 332 g/mol. The molecule has 0 aliphatic heterocycles. The van der Waals surface area contributed by atoms with Crippen molar-refractivity contribution in [3.8, 4) is 11.5 Å². The van der Waals surface area contributed by atoms with E-state index in [4.69, 9.17) is 4.74 Å². The lowest BCUT2D eigenvalue weighted by atomic mass is 10.0. The second kappa shape index (κ2) is 7.02. The average molecular weight is 350 g/mol. The number of hydrogen-bond acceptors (Lipinski definition) is 5. The van der Waals surface area contributed by atoms with E-state index in [1.165, 1.54) is 12.1 Å². The molecule has 0 heterocycles. The minimum Gasteiger partial charge on any atom is -0.507 e. The highest BCUT2D eigenvalue weighted by Gasteiger charge is 2.24. The molecule has 24 heavy (non-hydrogen) atoms. The van der Waals surface area contributed by atoms with Crippen LogP contribution in [0, 0.1) is 5.92 Å². The number of carbonyl (C=O) groups excluding carboxylic acids is 1. The lowest BCUT2D eigenvalue weighted by molar-refractivity contribution is 0.103. The van der Waals surface area contributed by atoms with Crippen LogP contribution in [-0.2, 0) is 10.1 Å². The summed E-state index contributed by atoms with van der Waals surface area (Å²) in [5.74, 6) is -1.08. The molecule has 0 saturated heterocycles. The van der Waals surface area contributed by atoms with Gasteiger partial charge in [0.2, 0.25) is 0 Å². The minimum absolute atomic E-state index is 0.104. The van der Waals surface area contributed by atoms with Gasteiger partial charge in [-0.3, -0.25) is 9.35 Å². The maximum Gasteiger partial charge on any atom is 0.298 e. The number of phenols is 1. The van der Waals surface area contributed by atoms with Crippen molar-refractivity contribution in [2.24, 2.45) is 5.92 Å². The number of phenolic OH excluding ortho intramolecular Hbond substituents is 1. The van der Waals surface area contributed by atoms with Crippen LogP contribution in [0.5, 0.6) is 11.5 Å². The Hall–Kier alpha value is -2.38. The quantitative estimate of drug-likeness (QED) is 0.614. The normalized spacial score (nSPS) is 11.5. The zero-order valence-electron chi connectivity index (χ0n) is 13.3. The Kier molecular flexibility index (Phi) is 5.26. The Morgan fingerprint density at radius 3 is 2.33 bits per heavy atom. The molecule has 0 radical (unpaired) electrons. The number of ketones is 1. The van der Waals surface area contributed by atoms with E-state index in [1.807, 2.05) is 13.8 Å². The lowest BCUT2D eigenvalue weighted by Crippen LogP contribution is -2.11. The van der Waals surface area contributed by atoms with Crippen LogP contribution in [0.3, 0.4) is 0 Å². The predicted molar refractivity (Wildman–Crippen MR) is 88.1 cm³/mol. The number of carbonyl (C=O) groups is 1. The Bertz CT molecular complexity index is 841. The van der Waals surface area contributed by atoms with Crippen LogP contribution in [-0.4, -0.2) is 30.5 Å². The maximum atomic E-state index is 12.4. The van der Waals surface area contributed by atoms with Crippen LogP contribution < -0.4 is 4.74 Å². The van der Waals surface area contributed by atoms with Crippen LogP contribution in [0.25, 0.3) is 0 Å². The van der Waals surface area contributed by atoms with E-state index in [0.717, 1.165) is 12.1 Å². The molecule has 0 spiro atoms. The van der Waals surface area contributed by atoms with Gasteiger partial charge in [-0.1, -0.05) is 44.2 Å². The molecule has 128 valence electrons. The van der Waals surface area contributed by atoms with Gasteiger partial charge in [0, 0.05) is 11.6 Å². The molecule has 0 bridgehead atoms. The van der Waals surface area contributed by atoms with Gasteiger partial charge in [-0.25, -0.2) is 0 Å². The van der Waals surface area contributed by atoms with Crippen molar-refractivity contribution in [3.05, 3.63) is 53.6 Å². The zero-order chi connectivity index (χ0) is 17.9. The second-order valence-corrected chi connectivity index (χ2v) is 7.08. The maximum absolute atomic E-state index is 12.4. The Morgan fingerprint density at radius 1 is 1.17 bits per heavy atom. The fourth-order valence-electron chi connectivity index (χ4n) is 2.05. The molecule has 0 aliphatic carbocycles. The first-order valence-electron chi connectivity index (χ1n) is 7.27. The second-order valence-electron chi connectivity index (χ2n) is 5.69. The summed E-state index contributed by atoms with van der Waals surface area (Å²) >= 11 is 0. The Labute approximate surface area is 140 Å². The molecule has 2 aromatic rings.